The van der Waals surface area contributed by atoms with Crippen LogP contribution in [-0.4, -0.2) is 35.6 Å². The zero-order chi connectivity index (χ0) is 22.8. The van der Waals surface area contributed by atoms with E-state index in [4.69, 9.17) is 14.4 Å². The van der Waals surface area contributed by atoms with Crippen LogP contribution in [0, 0.1) is 11.8 Å². The second kappa shape index (κ2) is 12.3. The molecule has 1 aliphatic rings. The van der Waals surface area contributed by atoms with Crippen molar-refractivity contribution in [1.29, 1.82) is 0 Å². The van der Waals surface area contributed by atoms with Crippen molar-refractivity contribution in [2.45, 2.75) is 45.3 Å². The molecule has 1 aliphatic carbocycles. The number of ether oxygens (including phenoxy) is 1. The molecule has 0 amide bonds. The molecule has 1 atom stereocenters. The maximum atomic E-state index is 13.7. The van der Waals surface area contributed by atoms with E-state index in [2.05, 4.69) is 0 Å². The maximum absolute atomic E-state index is 13.7. The lowest BCUT2D eigenvalue weighted by Crippen LogP contribution is -2.22. The molecule has 0 spiro atoms. The topological polar surface area (TPSA) is 93.1 Å². The van der Waals surface area contributed by atoms with E-state index in [1.54, 1.807) is 24.3 Å². The molecule has 2 aromatic rings. The minimum Gasteiger partial charge on any atom is -0.461 e. The van der Waals surface area contributed by atoms with Gasteiger partial charge in [-0.2, -0.15) is 0 Å². The fraction of sp³-hybridized carbons (Fsp3) is 0.480. The SMILES string of the molecule is O=C(CCP(=O)(OCC1CCC(CO)CC1)c1ccccc1)OCc1ccc(CO)cc1. The van der Waals surface area contributed by atoms with Gasteiger partial charge in [0.25, 0.3) is 0 Å². The van der Waals surface area contributed by atoms with E-state index in [1.807, 2.05) is 30.3 Å². The van der Waals surface area contributed by atoms with Gasteiger partial charge in [0.15, 0.2) is 0 Å². The summed E-state index contributed by atoms with van der Waals surface area (Å²) in [6, 6.07) is 16.3. The smallest absolute Gasteiger partial charge is 0.306 e. The minimum atomic E-state index is -3.20. The van der Waals surface area contributed by atoms with Crippen molar-refractivity contribution in [3.8, 4) is 0 Å². The molecular weight excluding hydrogens is 427 g/mol. The Kier molecular flexibility index (Phi) is 9.49. The second-order valence-corrected chi connectivity index (χ2v) is 11.1. The summed E-state index contributed by atoms with van der Waals surface area (Å²) in [5.74, 6) is 0.268. The van der Waals surface area contributed by atoms with Gasteiger partial charge in [-0.1, -0.05) is 42.5 Å². The van der Waals surface area contributed by atoms with Gasteiger partial charge in [0.2, 0.25) is 7.37 Å². The molecule has 6 nitrogen and oxygen atoms in total. The Morgan fingerprint density at radius 2 is 1.53 bits per heavy atom. The van der Waals surface area contributed by atoms with Crippen LogP contribution in [0.1, 0.15) is 43.2 Å². The summed E-state index contributed by atoms with van der Waals surface area (Å²) in [5.41, 5.74) is 1.63. The van der Waals surface area contributed by atoms with Gasteiger partial charge in [-0.25, -0.2) is 0 Å². The van der Waals surface area contributed by atoms with E-state index in [-0.39, 0.29) is 32.4 Å². The van der Waals surface area contributed by atoms with Crippen molar-refractivity contribution >= 4 is 18.6 Å². The average Bonchev–Trinajstić information content (AvgIpc) is 2.86. The first kappa shape index (κ1) is 24.7. The van der Waals surface area contributed by atoms with E-state index in [9.17, 15) is 14.5 Å². The molecule has 0 saturated heterocycles. The molecule has 2 aromatic carbocycles. The van der Waals surface area contributed by atoms with Gasteiger partial charge in [-0.15, -0.1) is 0 Å². The molecule has 3 rings (SSSR count). The Labute approximate surface area is 190 Å². The second-order valence-electron chi connectivity index (χ2n) is 8.48. The Morgan fingerprint density at radius 1 is 0.906 bits per heavy atom. The van der Waals surface area contributed by atoms with Crippen LogP contribution in [0.2, 0.25) is 0 Å². The van der Waals surface area contributed by atoms with Crippen molar-refractivity contribution in [2.24, 2.45) is 11.8 Å². The Bertz CT molecular complexity index is 875. The maximum Gasteiger partial charge on any atom is 0.306 e. The van der Waals surface area contributed by atoms with E-state index in [0.717, 1.165) is 36.8 Å². The van der Waals surface area contributed by atoms with Gasteiger partial charge in [0.05, 0.1) is 19.6 Å². The highest BCUT2D eigenvalue weighted by Crippen LogP contribution is 2.47. The van der Waals surface area contributed by atoms with Crippen LogP contribution in [0.15, 0.2) is 54.6 Å². The molecule has 174 valence electrons. The van der Waals surface area contributed by atoms with Crippen LogP contribution in [0.5, 0.6) is 0 Å². The fourth-order valence-corrected chi connectivity index (χ4v) is 6.04. The highest BCUT2D eigenvalue weighted by atomic mass is 31.2. The van der Waals surface area contributed by atoms with Crippen molar-refractivity contribution in [1.82, 2.24) is 0 Å². The minimum absolute atomic E-state index is 0.0121. The largest absolute Gasteiger partial charge is 0.461 e. The molecule has 0 bridgehead atoms. The molecule has 0 radical (unpaired) electrons. The quantitative estimate of drug-likeness (QED) is 0.389. The normalized spacial score (nSPS) is 20.4. The van der Waals surface area contributed by atoms with Crippen molar-refractivity contribution in [3.63, 3.8) is 0 Å². The van der Waals surface area contributed by atoms with E-state index in [1.165, 1.54) is 0 Å². The van der Waals surface area contributed by atoms with Gasteiger partial charge in [-0.3, -0.25) is 9.36 Å². The van der Waals surface area contributed by atoms with Crippen LogP contribution < -0.4 is 5.30 Å². The summed E-state index contributed by atoms with van der Waals surface area (Å²) < 4.78 is 25.1. The summed E-state index contributed by atoms with van der Waals surface area (Å²) in [5, 5.41) is 19.0. The molecule has 1 unspecified atom stereocenters. The Morgan fingerprint density at radius 3 is 2.16 bits per heavy atom. The third-order valence-electron chi connectivity index (χ3n) is 6.11. The number of hydrogen-bond acceptors (Lipinski definition) is 6. The Balaban J connectivity index is 1.54. The standard InChI is InChI=1S/C25H33O6P/c26-16-20-6-10-22(11-7-20)18-30-25(28)14-15-32(29,24-4-2-1-3-5-24)31-19-23-12-8-21(17-27)9-13-23/h1-7,10-11,21,23,26-27H,8-9,12-19H2. The highest BCUT2D eigenvalue weighted by Gasteiger charge is 2.30. The summed E-state index contributed by atoms with van der Waals surface area (Å²) in [6.45, 7) is 0.729. The molecule has 2 N–H and O–H groups in total. The zero-order valence-corrected chi connectivity index (χ0v) is 19.3. The van der Waals surface area contributed by atoms with Gasteiger partial charge >= 0.3 is 5.97 Å². The third-order valence-corrected chi connectivity index (χ3v) is 8.57. The zero-order valence-electron chi connectivity index (χ0n) is 18.4. The summed E-state index contributed by atoms with van der Waals surface area (Å²) in [7, 11) is -3.20. The lowest BCUT2D eigenvalue weighted by molar-refractivity contribution is -0.144. The first-order chi connectivity index (χ1) is 15.5. The van der Waals surface area contributed by atoms with Crippen molar-refractivity contribution in [2.75, 3.05) is 19.4 Å². The number of benzene rings is 2. The predicted molar refractivity (Wildman–Crippen MR) is 124 cm³/mol. The lowest BCUT2D eigenvalue weighted by atomic mass is 9.83. The monoisotopic (exact) mass is 460 g/mol. The molecule has 0 aliphatic heterocycles. The van der Waals surface area contributed by atoms with Crippen LogP contribution in [0.25, 0.3) is 0 Å². The number of hydrogen-bond donors (Lipinski definition) is 2. The van der Waals surface area contributed by atoms with Crippen molar-refractivity contribution < 1.29 is 28.8 Å². The lowest BCUT2D eigenvalue weighted by Gasteiger charge is -2.28. The van der Waals surface area contributed by atoms with Crippen LogP contribution in [-0.2, 0) is 31.8 Å². The van der Waals surface area contributed by atoms with Gasteiger partial charge in [0, 0.05) is 18.1 Å². The average molecular weight is 461 g/mol. The summed E-state index contributed by atoms with van der Waals surface area (Å²) in [4.78, 5) is 12.3. The molecule has 0 heterocycles. The Hall–Kier alpha value is -1.98. The molecule has 1 saturated carbocycles. The molecule has 0 aromatic heterocycles. The number of rotatable bonds is 11. The molecule has 7 heteroatoms. The molecular formula is C25H33O6P. The summed E-state index contributed by atoms with van der Waals surface area (Å²) in [6.07, 6.45) is 3.95. The number of aliphatic hydroxyl groups is 2. The van der Waals surface area contributed by atoms with Crippen LogP contribution in [0.3, 0.4) is 0 Å². The fourth-order valence-electron chi connectivity index (χ4n) is 3.95. The van der Waals surface area contributed by atoms with E-state index >= 15 is 0 Å². The first-order valence-corrected chi connectivity index (χ1v) is 13.1. The number of esters is 1. The van der Waals surface area contributed by atoms with E-state index < -0.39 is 13.3 Å². The van der Waals surface area contributed by atoms with Crippen LogP contribution in [0.4, 0.5) is 0 Å². The molecule has 1 fully saturated rings. The predicted octanol–water partition coefficient (Wildman–Crippen LogP) is 4.03. The number of carbonyl (C=O) groups excluding carboxylic acids is 1. The van der Waals surface area contributed by atoms with E-state index in [0.29, 0.717) is 23.7 Å². The molecule has 32 heavy (non-hydrogen) atoms. The van der Waals surface area contributed by atoms with Gasteiger partial charge in [-0.05, 0) is 60.8 Å². The number of carbonyl (C=O) groups is 1. The first-order valence-electron chi connectivity index (χ1n) is 11.3. The summed E-state index contributed by atoms with van der Waals surface area (Å²) >= 11 is 0. The third kappa shape index (κ3) is 7.28. The van der Waals surface area contributed by atoms with Crippen molar-refractivity contribution in [3.05, 3.63) is 65.7 Å². The highest BCUT2D eigenvalue weighted by molar-refractivity contribution is 7.67. The van der Waals surface area contributed by atoms with Gasteiger partial charge in [0.1, 0.15) is 6.61 Å². The van der Waals surface area contributed by atoms with Crippen LogP contribution >= 0.6 is 7.37 Å². The number of aliphatic hydroxyl groups excluding tert-OH is 2. The van der Waals surface area contributed by atoms with Gasteiger partial charge < -0.3 is 19.5 Å².